The fourth-order valence-corrected chi connectivity index (χ4v) is 1.27. The van der Waals surface area contributed by atoms with Gasteiger partial charge in [-0.1, -0.05) is 24.1 Å². The van der Waals surface area contributed by atoms with Crippen molar-refractivity contribution in [3.05, 3.63) is 29.8 Å². The summed E-state index contributed by atoms with van der Waals surface area (Å²) in [6, 6.07) is 7.72. The topological polar surface area (TPSA) is 41.5 Å². The van der Waals surface area contributed by atoms with Crippen molar-refractivity contribution in [2.45, 2.75) is 13.0 Å². The van der Waals surface area contributed by atoms with Crippen LogP contribution in [0.2, 0.25) is 0 Å². The summed E-state index contributed by atoms with van der Waals surface area (Å²) >= 11 is 0. The van der Waals surface area contributed by atoms with Gasteiger partial charge in [-0.3, -0.25) is 0 Å². The first-order valence-corrected chi connectivity index (χ1v) is 5.24. The van der Waals surface area contributed by atoms with Gasteiger partial charge in [-0.2, -0.15) is 0 Å². The molecule has 0 amide bonds. The third kappa shape index (κ3) is 4.35. The molecule has 1 aromatic carbocycles. The van der Waals surface area contributed by atoms with E-state index in [9.17, 15) is 5.11 Å². The normalized spacial score (nSPS) is 11.8. The van der Waals surface area contributed by atoms with Gasteiger partial charge < -0.3 is 15.2 Å². The minimum Gasteiger partial charge on any atom is -0.491 e. The van der Waals surface area contributed by atoms with Crippen LogP contribution in [-0.2, 0) is 0 Å². The first kappa shape index (κ1) is 12.6. The molecule has 0 saturated carbocycles. The van der Waals surface area contributed by atoms with Gasteiger partial charge >= 0.3 is 0 Å². The number of hydrogen-bond donors (Lipinski definition) is 2. The highest BCUT2D eigenvalue weighted by Gasteiger charge is 2.05. The maximum absolute atomic E-state index is 9.57. The van der Waals surface area contributed by atoms with Crippen LogP contribution in [0, 0.1) is 19.3 Å². The van der Waals surface area contributed by atoms with Crippen LogP contribution >= 0.6 is 0 Å². The van der Waals surface area contributed by atoms with Crippen LogP contribution in [0.4, 0.5) is 0 Å². The van der Waals surface area contributed by atoms with Crippen molar-refractivity contribution in [1.82, 2.24) is 5.32 Å². The predicted octanol–water partition coefficient (Wildman–Crippen LogP) is 0.958. The SMILES string of the molecule is C#CCNCC(O)COc1ccccc1C. The molecule has 3 heteroatoms. The van der Waals surface area contributed by atoms with Gasteiger partial charge in [0.1, 0.15) is 18.5 Å². The lowest BCUT2D eigenvalue weighted by atomic mass is 10.2. The molecule has 86 valence electrons. The number of nitrogens with one attached hydrogen (secondary N) is 1. The fraction of sp³-hybridized carbons (Fsp3) is 0.385. The van der Waals surface area contributed by atoms with Crippen molar-refractivity contribution >= 4 is 0 Å². The van der Waals surface area contributed by atoms with E-state index in [0.29, 0.717) is 13.1 Å². The van der Waals surface area contributed by atoms with Crippen molar-refractivity contribution in [1.29, 1.82) is 0 Å². The lowest BCUT2D eigenvalue weighted by Crippen LogP contribution is -2.31. The van der Waals surface area contributed by atoms with Gasteiger partial charge in [0.25, 0.3) is 0 Å². The molecule has 3 nitrogen and oxygen atoms in total. The van der Waals surface area contributed by atoms with Crippen LogP contribution in [0.15, 0.2) is 24.3 Å². The highest BCUT2D eigenvalue weighted by molar-refractivity contribution is 5.31. The molecule has 1 aromatic rings. The molecule has 1 atom stereocenters. The maximum atomic E-state index is 9.57. The molecule has 1 unspecified atom stereocenters. The van der Waals surface area contributed by atoms with Crippen LogP contribution < -0.4 is 10.1 Å². The Hall–Kier alpha value is -1.50. The fourth-order valence-electron chi connectivity index (χ4n) is 1.27. The van der Waals surface area contributed by atoms with Crippen molar-refractivity contribution < 1.29 is 9.84 Å². The lowest BCUT2D eigenvalue weighted by Gasteiger charge is -2.13. The molecule has 0 aliphatic heterocycles. The van der Waals surface area contributed by atoms with E-state index in [4.69, 9.17) is 11.2 Å². The molecule has 2 N–H and O–H groups in total. The number of aliphatic hydroxyl groups excluding tert-OH is 1. The van der Waals surface area contributed by atoms with E-state index >= 15 is 0 Å². The number of benzene rings is 1. The zero-order valence-electron chi connectivity index (χ0n) is 9.44. The van der Waals surface area contributed by atoms with Gasteiger partial charge in [-0.25, -0.2) is 0 Å². The second-order valence-electron chi connectivity index (χ2n) is 3.57. The van der Waals surface area contributed by atoms with Gasteiger partial charge in [-0.05, 0) is 18.6 Å². The van der Waals surface area contributed by atoms with E-state index in [-0.39, 0.29) is 6.61 Å². The predicted molar refractivity (Wildman–Crippen MR) is 64.4 cm³/mol. The summed E-state index contributed by atoms with van der Waals surface area (Å²) in [7, 11) is 0. The third-order valence-corrected chi connectivity index (χ3v) is 2.13. The molecule has 0 spiro atoms. The molecular weight excluding hydrogens is 202 g/mol. The highest BCUT2D eigenvalue weighted by Crippen LogP contribution is 2.15. The Morgan fingerprint density at radius 1 is 1.50 bits per heavy atom. The van der Waals surface area contributed by atoms with Crippen molar-refractivity contribution in [3.63, 3.8) is 0 Å². The average Bonchev–Trinajstić information content (AvgIpc) is 2.28. The standard InChI is InChI=1S/C13H17NO2/c1-3-8-14-9-12(15)10-16-13-7-5-4-6-11(13)2/h1,4-7,12,14-15H,8-10H2,2H3. The minimum absolute atomic E-state index is 0.266. The van der Waals surface area contributed by atoms with Crippen LogP contribution in [0.3, 0.4) is 0 Å². The van der Waals surface area contributed by atoms with Gasteiger partial charge in [0.15, 0.2) is 0 Å². The van der Waals surface area contributed by atoms with E-state index in [0.717, 1.165) is 11.3 Å². The zero-order chi connectivity index (χ0) is 11.8. The summed E-state index contributed by atoms with van der Waals surface area (Å²) in [5, 5.41) is 12.5. The summed E-state index contributed by atoms with van der Waals surface area (Å²) in [4.78, 5) is 0. The number of aliphatic hydroxyl groups is 1. The molecule has 1 rings (SSSR count). The summed E-state index contributed by atoms with van der Waals surface area (Å²) in [5.74, 6) is 3.25. The highest BCUT2D eigenvalue weighted by atomic mass is 16.5. The molecule has 16 heavy (non-hydrogen) atoms. The number of terminal acetylenes is 1. The number of aryl methyl sites for hydroxylation is 1. The Labute approximate surface area is 96.4 Å². The Balaban J connectivity index is 2.29. The molecule has 0 aliphatic rings. The number of rotatable bonds is 6. The van der Waals surface area contributed by atoms with Gasteiger partial charge in [0.05, 0.1) is 6.54 Å². The quantitative estimate of drug-likeness (QED) is 0.553. The summed E-state index contributed by atoms with van der Waals surface area (Å²) in [5.41, 5.74) is 1.06. The van der Waals surface area contributed by atoms with E-state index in [1.54, 1.807) is 0 Å². The first-order chi connectivity index (χ1) is 7.74. The summed E-state index contributed by atoms with van der Waals surface area (Å²) in [6.07, 6.45) is 4.53. The average molecular weight is 219 g/mol. The Morgan fingerprint density at radius 2 is 2.25 bits per heavy atom. The van der Waals surface area contributed by atoms with E-state index in [1.807, 2.05) is 31.2 Å². The van der Waals surface area contributed by atoms with Crippen molar-refractivity contribution in [2.24, 2.45) is 0 Å². The van der Waals surface area contributed by atoms with Crippen molar-refractivity contribution in [3.8, 4) is 18.1 Å². The number of ether oxygens (including phenoxy) is 1. The van der Waals surface area contributed by atoms with Crippen LogP contribution in [0.5, 0.6) is 5.75 Å². The van der Waals surface area contributed by atoms with Gasteiger partial charge in [-0.15, -0.1) is 6.42 Å². The maximum Gasteiger partial charge on any atom is 0.122 e. The molecule has 0 aliphatic carbocycles. The molecule has 0 radical (unpaired) electrons. The molecule has 0 heterocycles. The number of para-hydroxylation sites is 1. The minimum atomic E-state index is -0.548. The first-order valence-electron chi connectivity index (χ1n) is 5.24. The molecule has 0 aromatic heterocycles. The molecule has 0 fully saturated rings. The van der Waals surface area contributed by atoms with E-state index in [1.165, 1.54) is 0 Å². The monoisotopic (exact) mass is 219 g/mol. The smallest absolute Gasteiger partial charge is 0.122 e. The van der Waals surface area contributed by atoms with Crippen LogP contribution in [-0.4, -0.2) is 30.9 Å². The molecular formula is C13H17NO2. The van der Waals surface area contributed by atoms with Crippen LogP contribution in [0.25, 0.3) is 0 Å². The second-order valence-corrected chi connectivity index (χ2v) is 3.57. The Kier molecular flexibility index (Phi) is 5.41. The lowest BCUT2D eigenvalue weighted by molar-refractivity contribution is 0.107. The Morgan fingerprint density at radius 3 is 2.94 bits per heavy atom. The van der Waals surface area contributed by atoms with Gasteiger partial charge in [0, 0.05) is 6.54 Å². The molecule has 0 saturated heterocycles. The second kappa shape index (κ2) is 6.89. The number of hydrogen-bond acceptors (Lipinski definition) is 3. The van der Waals surface area contributed by atoms with Crippen LogP contribution in [0.1, 0.15) is 5.56 Å². The Bertz CT molecular complexity index is 357. The molecule has 0 bridgehead atoms. The van der Waals surface area contributed by atoms with Crippen molar-refractivity contribution in [2.75, 3.05) is 19.7 Å². The van der Waals surface area contributed by atoms with E-state index < -0.39 is 6.10 Å². The third-order valence-electron chi connectivity index (χ3n) is 2.13. The van der Waals surface area contributed by atoms with E-state index in [2.05, 4.69) is 11.2 Å². The summed E-state index contributed by atoms with van der Waals surface area (Å²) < 4.78 is 5.49. The summed E-state index contributed by atoms with van der Waals surface area (Å²) in [6.45, 7) is 3.14. The van der Waals surface area contributed by atoms with Gasteiger partial charge in [0.2, 0.25) is 0 Å². The zero-order valence-corrected chi connectivity index (χ0v) is 9.44. The largest absolute Gasteiger partial charge is 0.491 e.